The fraction of sp³-hybridized carbons (Fsp3) is 0.500. The summed E-state index contributed by atoms with van der Waals surface area (Å²) in [7, 11) is 0. The first kappa shape index (κ1) is 11.1. The number of hydrogen-bond donors (Lipinski definition) is 1. The van der Waals surface area contributed by atoms with Crippen molar-refractivity contribution < 1.29 is 4.79 Å². The van der Waals surface area contributed by atoms with Crippen LogP contribution < -0.4 is 5.73 Å². The Morgan fingerprint density at radius 2 is 2.25 bits per heavy atom. The van der Waals surface area contributed by atoms with E-state index in [1.807, 2.05) is 17.0 Å². The normalized spacial score (nSPS) is 20.1. The quantitative estimate of drug-likeness (QED) is 0.808. The predicted octanol–water partition coefficient (Wildman–Crippen LogP) is 0.574. The molecular formula is C12H17N3O. The van der Waals surface area contributed by atoms with Crippen molar-refractivity contribution in [3.8, 4) is 0 Å². The fourth-order valence-electron chi connectivity index (χ4n) is 1.97. The second-order valence-electron chi connectivity index (χ2n) is 4.24. The molecule has 1 saturated heterocycles. The minimum Gasteiger partial charge on any atom is -0.341 e. The third-order valence-electron chi connectivity index (χ3n) is 2.95. The third kappa shape index (κ3) is 2.79. The molecule has 16 heavy (non-hydrogen) atoms. The largest absolute Gasteiger partial charge is 0.341 e. The average molecular weight is 219 g/mol. The van der Waals surface area contributed by atoms with Crippen LogP contribution in [0, 0.1) is 0 Å². The van der Waals surface area contributed by atoms with E-state index < -0.39 is 0 Å². The number of carbonyl (C=O) groups excluding carboxylic acids is 1. The van der Waals surface area contributed by atoms with E-state index in [1.165, 1.54) is 0 Å². The smallest absolute Gasteiger partial charge is 0.222 e. The minimum atomic E-state index is 0.171. The van der Waals surface area contributed by atoms with Gasteiger partial charge in [0.15, 0.2) is 0 Å². The summed E-state index contributed by atoms with van der Waals surface area (Å²) in [5, 5.41) is 0. The van der Waals surface area contributed by atoms with Gasteiger partial charge in [-0.3, -0.25) is 9.78 Å². The van der Waals surface area contributed by atoms with Gasteiger partial charge < -0.3 is 10.6 Å². The summed E-state index contributed by atoms with van der Waals surface area (Å²) in [5.74, 6) is 0.213. The van der Waals surface area contributed by atoms with Gasteiger partial charge in [-0.1, -0.05) is 0 Å². The van der Waals surface area contributed by atoms with Crippen LogP contribution in [0.1, 0.15) is 18.4 Å². The van der Waals surface area contributed by atoms with Crippen LogP contribution in [-0.4, -0.2) is 34.9 Å². The molecule has 2 heterocycles. The SMILES string of the molecule is NC1CCN(C(=O)CCc2ccncc2)C1. The Labute approximate surface area is 95.5 Å². The maximum absolute atomic E-state index is 11.8. The van der Waals surface area contributed by atoms with Gasteiger partial charge in [0.05, 0.1) is 0 Å². The molecule has 2 rings (SSSR count). The highest BCUT2D eigenvalue weighted by molar-refractivity contribution is 5.76. The van der Waals surface area contributed by atoms with E-state index >= 15 is 0 Å². The molecular weight excluding hydrogens is 202 g/mol. The summed E-state index contributed by atoms with van der Waals surface area (Å²) in [4.78, 5) is 17.6. The zero-order valence-corrected chi connectivity index (χ0v) is 9.30. The summed E-state index contributed by atoms with van der Waals surface area (Å²) >= 11 is 0. The van der Waals surface area contributed by atoms with E-state index in [4.69, 9.17) is 5.73 Å². The molecule has 0 bridgehead atoms. The zero-order chi connectivity index (χ0) is 11.4. The molecule has 1 fully saturated rings. The lowest BCUT2D eigenvalue weighted by molar-refractivity contribution is -0.130. The monoisotopic (exact) mass is 219 g/mol. The van der Waals surface area contributed by atoms with E-state index in [-0.39, 0.29) is 11.9 Å². The van der Waals surface area contributed by atoms with Crippen molar-refractivity contribution in [3.05, 3.63) is 30.1 Å². The lowest BCUT2D eigenvalue weighted by atomic mass is 10.1. The summed E-state index contributed by atoms with van der Waals surface area (Å²) < 4.78 is 0. The van der Waals surface area contributed by atoms with Crippen molar-refractivity contribution in [1.29, 1.82) is 0 Å². The number of pyridine rings is 1. The average Bonchev–Trinajstić information content (AvgIpc) is 2.74. The van der Waals surface area contributed by atoms with E-state index in [2.05, 4.69) is 4.98 Å². The molecule has 1 unspecified atom stereocenters. The number of nitrogens with zero attached hydrogens (tertiary/aromatic N) is 2. The van der Waals surface area contributed by atoms with Crippen molar-refractivity contribution in [2.24, 2.45) is 5.73 Å². The first-order valence-corrected chi connectivity index (χ1v) is 5.68. The highest BCUT2D eigenvalue weighted by atomic mass is 16.2. The van der Waals surface area contributed by atoms with Crippen molar-refractivity contribution in [2.45, 2.75) is 25.3 Å². The Hall–Kier alpha value is -1.42. The molecule has 1 aliphatic heterocycles. The molecule has 0 spiro atoms. The zero-order valence-electron chi connectivity index (χ0n) is 9.30. The number of aryl methyl sites for hydroxylation is 1. The number of aromatic nitrogens is 1. The Kier molecular flexibility index (Phi) is 3.51. The van der Waals surface area contributed by atoms with Gasteiger partial charge in [-0.05, 0) is 30.5 Å². The van der Waals surface area contributed by atoms with Crippen molar-refractivity contribution >= 4 is 5.91 Å². The standard InChI is InChI=1S/C12H17N3O/c13-11-5-8-15(9-11)12(16)2-1-10-3-6-14-7-4-10/h3-4,6-7,11H,1-2,5,8-9,13H2. The van der Waals surface area contributed by atoms with Crippen LogP contribution in [0.2, 0.25) is 0 Å². The Morgan fingerprint density at radius 1 is 1.50 bits per heavy atom. The van der Waals surface area contributed by atoms with Crippen LogP contribution in [0.15, 0.2) is 24.5 Å². The highest BCUT2D eigenvalue weighted by Gasteiger charge is 2.22. The molecule has 2 N–H and O–H groups in total. The lowest BCUT2D eigenvalue weighted by Crippen LogP contribution is -2.31. The molecule has 1 aromatic heterocycles. The molecule has 1 amide bonds. The van der Waals surface area contributed by atoms with Gasteiger partial charge in [0, 0.05) is 37.9 Å². The lowest BCUT2D eigenvalue weighted by Gasteiger charge is -2.15. The number of hydrogen-bond acceptors (Lipinski definition) is 3. The van der Waals surface area contributed by atoms with Crippen LogP contribution >= 0.6 is 0 Å². The first-order chi connectivity index (χ1) is 7.75. The maximum atomic E-state index is 11.8. The van der Waals surface area contributed by atoms with Crippen molar-refractivity contribution in [2.75, 3.05) is 13.1 Å². The van der Waals surface area contributed by atoms with Crippen LogP contribution in [0.3, 0.4) is 0 Å². The molecule has 0 aromatic carbocycles. The number of rotatable bonds is 3. The van der Waals surface area contributed by atoms with Gasteiger partial charge >= 0.3 is 0 Å². The van der Waals surface area contributed by atoms with Gasteiger partial charge in [0.25, 0.3) is 0 Å². The number of likely N-dealkylation sites (tertiary alicyclic amines) is 1. The molecule has 1 aromatic rings. The van der Waals surface area contributed by atoms with E-state index in [1.54, 1.807) is 12.4 Å². The molecule has 0 saturated carbocycles. The van der Waals surface area contributed by atoms with Gasteiger partial charge in [-0.15, -0.1) is 0 Å². The summed E-state index contributed by atoms with van der Waals surface area (Å²) in [6, 6.07) is 4.07. The van der Waals surface area contributed by atoms with E-state index in [0.29, 0.717) is 6.42 Å². The Morgan fingerprint density at radius 3 is 2.88 bits per heavy atom. The van der Waals surface area contributed by atoms with Gasteiger partial charge in [-0.2, -0.15) is 0 Å². The number of nitrogens with two attached hydrogens (primary N) is 1. The summed E-state index contributed by atoms with van der Waals surface area (Å²) in [6.45, 7) is 1.53. The molecule has 0 radical (unpaired) electrons. The van der Waals surface area contributed by atoms with Crippen LogP contribution in [-0.2, 0) is 11.2 Å². The topological polar surface area (TPSA) is 59.2 Å². The van der Waals surface area contributed by atoms with Gasteiger partial charge in [0.1, 0.15) is 0 Å². The number of amides is 1. The van der Waals surface area contributed by atoms with Crippen LogP contribution in [0.5, 0.6) is 0 Å². The predicted molar refractivity (Wildman–Crippen MR) is 61.7 cm³/mol. The van der Waals surface area contributed by atoms with Gasteiger partial charge in [-0.25, -0.2) is 0 Å². The van der Waals surface area contributed by atoms with E-state index in [9.17, 15) is 4.79 Å². The third-order valence-corrected chi connectivity index (χ3v) is 2.95. The summed E-state index contributed by atoms with van der Waals surface area (Å²) in [5.41, 5.74) is 6.93. The number of carbonyl (C=O) groups is 1. The van der Waals surface area contributed by atoms with Crippen LogP contribution in [0.4, 0.5) is 0 Å². The Balaban J connectivity index is 1.80. The summed E-state index contributed by atoms with van der Waals surface area (Å²) in [6.07, 6.45) is 5.79. The molecule has 0 aliphatic carbocycles. The van der Waals surface area contributed by atoms with Gasteiger partial charge in [0.2, 0.25) is 5.91 Å². The second-order valence-corrected chi connectivity index (χ2v) is 4.24. The molecule has 4 nitrogen and oxygen atoms in total. The molecule has 1 atom stereocenters. The highest BCUT2D eigenvalue weighted by Crippen LogP contribution is 2.10. The van der Waals surface area contributed by atoms with Crippen molar-refractivity contribution in [3.63, 3.8) is 0 Å². The van der Waals surface area contributed by atoms with Crippen molar-refractivity contribution in [1.82, 2.24) is 9.88 Å². The maximum Gasteiger partial charge on any atom is 0.222 e. The molecule has 1 aliphatic rings. The van der Waals surface area contributed by atoms with Crippen LogP contribution in [0.25, 0.3) is 0 Å². The Bertz CT molecular complexity index is 353. The van der Waals surface area contributed by atoms with E-state index in [0.717, 1.165) is 31.5 Å². The fourth-order valence-corrected chi connectivity index (χ4v) is 1.97. The molecule has 4 heteroatoms. The first-order valence-electron chi connectivity index (χ1n) is 5.68. The second kappa shape index (κ2) is 5.07. The minimum absolute atomic E-state index is 0.171. The molecule has 86 valence electrons.